The lowest BCUT2D eigenvalue weighted by Gasteiger charge is -2.26. The van der Waals surface area contributed by atoms with E-state index in [1.165, 1.54) is 16.9 Å². The number of likely N-dealkylation sites (tertiary alicyclic amines) is 1. The molecule has 10 heteroatoms. The van der Waals surface area contributed by atoms with Crippen LogP contribution in [-0.4, -0.2) is 45.3 Å². The Morgan fingerprint density at radius 3 is 2.61 bits per heavy atom. The maximum absolute atomic E-state index is 13.4. The fraction of sp³-hybridized carbons (Fsp3) is 0.348. The second kappa shape index (κ2) is 8.09. The van der Waals surface area contributed by atoms with E-state index in [4.69, 9.17) is 9.47 Å². The van der Waals surface area contributed by atoms with Gasteiger partial charge in [0.2, 0.25) is 0 Å². The van der Waals surface area contributed by atoms with Gasteiger partial charge in [-0.2, -0.15) is 18.3 Å². The first-order valence-corrected chi connectivity index (χ1v) is 10.6. The van der Waals surface area contributed by atoms with Gasteiger partial charge in [-0.25, -0.2) is 9.67 Å². The van der Waals surface area contributed by atoms with E-state index >= 15 is 0 Å². The number of pyridine rings is 1. The predicted octanol–water partition coefficient (Wildman–Crippen LogP) is 4.34. The minimum absolute atomic E-state index is 0.111. The minimum atomic E-state index is -4.47. The van der Waals surface area contributed by atoms with Gasteiger partial charge in [-0.1, -0.05) is 6.07 Å². The van der Waals surface area contributed by atoms with Gasteiger partial charge in [0.1, 0.15) is 13.2 Å². The number of alkyl halides is 3. The summed E-state index contributed by atoms with van der Waals surface area (Å²) in [7, 11) is 0. The zero-order valence-electron chi connectivity index (χ0n) is 17.8. The number of rotatable bonds is 3. The molecule has 0 bridgehead atoms. The van der Waals surface area contributed by atoms with Crippen LogP contribution in [0.4, 0.5) is 13.2 Å². The summed E-state index contributed by atoms with van der Waals surface area (Å²) in [5.41, 5.74) is 1.03. The van der Waals surface area contributed by atoms with Crippen molar-refractivity contribution in [2.24, 2.45) is 0 Å². The van der Waals surface area contributed by atoms with Crippen LogP contribution in [0.2, 0.25) is 0 Å². The first-order chi connectivity index (χ1) is 15.8. The SMILES string of the molecule is Cc1c(C(=O)N2CCCC2c2ccc3c(c2)OCCO3)cnn1-c1ccc(C(F)(F)F)cn1. The van der Waals surface area contributed by atoms with Crippen molar-refractivity contribution in [1.29, 1.82) is 0 Å². The number of nitrogens with zero attached hydrogens (tertiary/aromatic N) is 4. The molecule has 3 aromatic rings. The molecule has 2 aromatic heterocycles. The van der Waals surface area contributed by atoms with Crippen LogP contribution in [0, 0.1) is 6.92 Å². The molecule has 2 aliphatic rings. The van der Waals surface area contributed by atoms with Gasteiger partial charge in [0.25, 0.3) is 5.91 Å². The number of halogens is 3. The van der Waals surface area contributed by atoms with Crippen LogP contribution in [0.3, 0.4) is 0 Å². The average molecular weight is 458 g/mol. The molecule has 1 fully saturated rings. The van der Waals surface area contributed by atoms with E-state index in [9.17, 15) is 18.0 Å². The van der Waals surface area contributed by atoms with Crippen LogP contribution in [0.5, 0.6) is 11.5 Å². The quantitative estimate of drug-likeness (QED) is 0.584. The molecule has 1 aromatic carbocycles. The highest BCUT2D eigenvalue weighted by atomic mass is 19.4. The van der Waals surface area contributed by atoms with Gasteiger partial charge in [-0.15, -0.1) is 0 Å². The summed E-state index contributed by atoms with van der Waals surface area (Å²) in [6, 6.07) is 7.82. The van der Waals surface area contributed by atoms with Crippen LogP contribution in [0.15, 0.2) is 42.7 Å². The molecule has 5 rings (SSSR count). The van der Waals surface area contributed by atoms with E-state index in [1.54, 1.807) is 11.8 Å². The number of aromatic nitrogens is 3. The second-order valence-corrected chi connectivity index (χ2v) is 8.02. The van der Waals surface area contributed by atoms with E-state index in [0.29, 0.717) is 42.5 Å². The van der Waals surface area contributed by atoms with Crippen molar-refractivity contribution < 1.29 is 27.4 Å². The number of carbonyl (C=O) groups excluding carboxylic acids is 1. The average Bonchev–Trinajstić information content (AvgIpc) is 3.45. The molecule has 0 radical (unpaired) electrons. The Morgan fingerprint density at radius 1 is 1.09 bits per heavy atom. The Labute approximate surface area is 187 Å². The van der Waals surface area contributed by atoms with Crippen molar-refractivity contribution in [3.8, 4) is 17.3 Å². The summed E-state index contributed by atoms with van der Waals surface area (Å²) in [5.74, 6) is 1.41. The molecule has 1 saturated heterocycles. The van der Waals surface area contributed by atoms with Crippen molar-refractivity contribution in [3.05, 3.63) is 65.1 Å². The summed E-state index contributed by atoms with van der Waals surface area (Å²) in [6.07, 6.45) is -0.589. The number of hydrogen-bond donors (Lipinski definition) is 0. The number of ether oxygens (including phenoxy) is 2. The lowest BCUT2D eigenvalue weighted by molar-refractivity contribution is -0.137. The maximum Gasteiger partial charge on any atom is 0.417 e. The molecule has 1 atom stereocenters. The largest absolute Gasteiger partial charge is 0.486 e. The van der Waals surface area contributed by atoms with Gasteiger partial charge < -0.3 is 14.4 Å². The van der Waals surface area contributed by atoms with E-state index in [2.05, 4.69) is 10.1 Å². The molecule has 1 amide bonds. The fourth-order valence-corrected chi connectivity index (χ4v) is 4.31. The summed E-state index contributed by atoms with van der Waals surface area (Å²) >= 11 is 0. The Bertz CT molecular complexity index is 1190. The molecule has 0 spiro atoms. The summed E-state index contributed by atoms with van der Waals surface area (Å²) < 4.78 is 51.1. The molecule has 7 nitrogen and oxygen atoms in total. The van der Waals surface area contributed by atoms with Gasteiger partial charge in [-0.3, -0.25) is 4.79 Å². The normalized spacial score (nSPS) is 17.9. The molecule has 33 heavy (non-hydrogen) atoms. The van der Waals surface area contributed by atoms with Gasteiger partial charge in [0.05, 0.1) is 29.1 Å². The topological polar surface area (TPSA) is 69.5 Å². The predicted molar refractivity (Wildman–Crippen MR) is 112 cm³/mol. The number of hydrogen-bond acceptors (Lipinski definition) is 5. The molecule has 0 saturated carbocycles. The number of benzene rings is 1. The zero-order chi connectivity index (χ0) is 23.2. The third-order valence-corrected chi connectivity index (χ3v) is 6.00. The van der Waals surface area contributed by atoms with Crippen LogP contribution < -0.4 is 9.47 Å². The molecule has 0 aliphatic carbocycles. The van der Waals surface area contributed by atoms with E-state index < -0.39 is 11.7 Å². The van der Waals surface area contributed by atoms with Crippen LogP contribution in [0.1, 0.15) is 46.1 Å². The third kappa shape index (κ3) is 3.90. The van der Waals surface area contributed by atoms with E-state index in [0.717, 1.165) is 30.7 Å². The first kappa shape index (κ1) is 21.3. The second-order valence-electron chi connectivity index (χ2n) is 8.02. The van der Waals surface area contributed by atoms with E-state index in [1.807, 2.05) is 18.2 Å². The van der Waals surface area contributed by atoms with Gasteiger partial charge in [-0.05, 0) is 49.6 Å². The van der Waals surface area contributed by atoms with Crippen molar-refractivity contribution in [3.63, 3.8) is 0 Å². The lowest BCUT2D eigenvalue weighted by Crippen LogP contribution is -2.31. The fourth-order valence-electron chi connectivity index (χ4n) is 4.31. The standard InChI is InChI=1S/C23H21F3N4O3/c1-14-17(13-28-30(14)21-7-5-16(12-27-21)23(24,25)26)22(31)29-8-2-3-18(29)15-4-6-19-20(11-15)33-10-9-32-19/h4-7,11-13,18H,2-3,8-10H2,1H3. The molecule has 4 heterocycles. The third-order valence-electron chi connectivity index (χ3n) is 6.00. The van der Waals surface area contributed by atoms with Crippen molar-refractivity contribution in [2.45, 2.75) is 32.0 Å². The highest BCUT2D eigenvalue weighted by molar-refractivity contribution is 5.95. The molecular formula is C23H21F3N4O3. The maximum atomic E-state index is 13.4. The van der Waals surface area contributed by atoms with Crippen LogP contribution in [-0.2, 0) is 6.18 Å². The van der Waals surface area contributed by atoms with Crippen molar-refractivity contribution in [2.75, 3.05) is 19.8 Å². The molecular weight excluding hydrogens is 437 g/mol. The highest BCUT2D eigenvalue weighted by Gasteiger charge is 2.34. The monoisotopic (exact) mass is 458 g/mol. The Balaban J connectivity index is 1.40. The van der Waals surface area contributed by atoms with Crippen molar-refractivity contribution in [1.82, 2.24) is 19.7 Å². The van der Waals surface area contributed by atoms with Gasteiger partial charge in [0.15, 0.2) is 17.3 Å². The Hall–Kier alpha value is -3.56. The summed E-state index contributed by atoms with van der Waals surface area (Å²) in [4.78, 5) is 19.1. The molecule has 172 valence electrons. The number of carbonyl (C=O) groups is 1. The lowest BCUT2D eigenvalue weighted by atomic mass is 10.0. The summed E-state index contributed by atoms with van der Waals surface area (Å²) in [5, 5.41) is 4.21. The molecule has 0 N–H and O–H groups in total. The van der Waals surface area contributed by atoms with Crippen LogP contribution >= 0.6 is 0 Å². The van der Waals surface area contributed by atoms with Gasteiger partial charge in [0, 0.05) is 12.7 Å². The van der Waals surface area contributed by atoms with Crippen molar-refractivity contribution >= 4 is 5.91 Å². The first-order valence-electron chi connectivity index (χ1n) is 10.6. The molecule has 1 unspecified atom stereocenters. The number of fused-ring (bicyclic) bond motifs is 1. The van der Waals surface area contributed by atoms with E-state index in [-0.39, 0.29) is 17.8 Å². The summed E-state index contributed by atoms with van der Waals surface area (Å²) in [6.45, 7) is 3.30. The smallest absolute Gasteiger partial charge is 0.417 e. The van der Waals surface area contributed by atoms with Crippen LogP contribution in [0.25, 0.3) is 5.82 Å². The Kier molecular flexibility index (Phi) is 5.22. The number of amides is 1. The highest BCUT2D eigenvalue weighted by Crippen LogP contribution is 2.39. The molecule has 2 aliphatic heterocycles. The van der Waals surface area contributed by atoms with Gasteiger partial charge >= 0.3 is 6.18 Å². The Morgan fingerprint density at radius 2 is 1.88 bits per heavy atom. The zero-order valence-corrected chi connectivity index (χ0v) is 17.8. The minimum Gasteiger partial charge on any atom is -0.486 e.